The summed E-state index contributed by atoms with van der Waals surface area (Å²) in [6.07, 6.45) is 2.65. The van der Waals surface area contributed by atoms with Gasteiger partial charge in [-0.15, -0.1) is 0 Å². The summed E-state index contributed by atoms with van der Waals surface area (Å²) in [4.78, 5) is 24.7. The molecule has 1 unspecified atom stereocenters. The number of carboxylic acids is 2. The van der Waals surface area contributed by atoms with Crippen molar-refractivity contribution in [1.82, 2.24) is 4.98 Å². The molecular formula is C9H10N2O4. The molecule has 80 valence electrons. The molecule has 0 aromatic carbocycles. The summed E-state index contributed by atoms with van der Waals surface area (Å²) in [5.41, 5.74) is 5.81. The lowest BCUT2D eigenvalue weighted by atomic mass is 10.1. The molecule has 0 bridgehead atoms. The largest absolute Gasteiger partial charge is 0.480 e. The van der Waals surface area contributed by atoms with Gasteiger partial charge < -0.3 is 15.9 Å². The van der Waals surface area contributed by atoms with Gasteiger partial charge in [0.15, 0.2) is 0 Å². The Morgan fingerprint density at radius 2 is 2.07 bits per heavy atom. The third kappa shape index (κ3) is 3.03. The molecule has 0 saturated carbocycles. The Bertz CT molecular complexity index is 391. The quantitative estimate of drug-likeness (QED) is 0.630. The molecule has 0 aliphatic carbocycles. The monoisotopic (exact) mass is 210 g/mol. The summed E-state index contributed by atoms with van der Waals surface area (Å²) in [6, 6.07) is 0.314. The van der Waals surface area contributed by atoms with Gasteiger partial charge in [-0.1, -0.05) is 0 Å². The van der Waals surface area contributed by atoms with Gasteiger partial charge in [-0.05, 0) is 18.1 Å². The lowest BCUT2D eigenvalue weighted by Crippen LogP contribution is -2.32. The lowest BCUT2D eigenvalue weighted by Gasteiger charge is -2.06. The first kappa shape index (κ1) is 11.1. The molecule has 0 spiro atoms. The van der Waals surface area contributed by atoms with Gasteiger partial charge in [0.2, 0.25) is 0 Å². The van der Waals surface area contributed by atoms with E-state index in [4.69, 9.17) is 15.9 Å². The maximum Gasteiger partial charge on any atom is 0.337 e. The van der Waals surface area contributed by atoms with Crippen molar-refractivity contribution in [3.63, 3.8) is 0 Å². The second kappa shape index (κ2) is 4.52. The second-order valence-electron chi connectivity index (χ2n) is 3.04. The number of carboxylic acid groups (broad SMARTS) is 2. The van der Waals surface area contributed by atoms with Crippen LogP contribution >= 0.6 is 0 Å². The van der Waals surface area contributed by atoms with Crippen LogP contribution in [0.5, 0.6) is 0 Å². The zero-order valence-corrected chi connectivity index (χ0v) is 7.75. The van der Waals surface area contributed by atoms with Gasteiger partial charge >= 0.3 is 11.9 Å². The highest BCUT2D eigenvalue weighted by atomic mass is 16.4. The Morgan fingerprint density at radius 1 is 1.40 bits per heavy atom. The summed E-state index contributed by atoms with van der Waals surface area (Å²) < 4.78 is 0. The number of nitrogens with two attached hydrogens (primary N) is 1. The van der Waals surface area contributed by atoms with Crippen molar-refractivity contribution in [2.24, 2.45) is 5.73 Å². The average Bonchev–Trinajstić information content (AvgIpc) is 2.18. The summed E-state index contributed by atoms with van der Waals surface area (Å²) >= 11 is 0. The van der Waals surface area contributed by atoms with Crippen LogP contribution in [0.4, 0.5) is 0 Å². The maximum absolute atomic E-state index is 10.6. The van der Waals surface area contributed by atoms with E-state index in [1.54, 1.807) is 0 Å². The molecular weight excluding hydrogens is 200 g/mol. The normalized spacial score (nSPS) is 12.1. The number of hydrogen-bond donors (Lipinski definition) is 3. The molecule has 1 aromatic rings. The smallest absolute Gasteiger partial charge is 0.337 e. The Hall–Kier alpha value is -1.95. The second-order valence-corrected chi connectivity index (χ2v) is 3.04. The van der Waals surface area contributed by atoms with Gasteiger partial charge in [-0.3, -0.25) is 9.78 Å². The molecule has 6 nitrogen and oxygen atoms in total. The number of pyridine rings is 1. The number of rotatable bonds is 4. The standard InChI is InChI=1S/C9H10N2O4/c10-7(9(14)15)2-5-1-6(8(12)13)4-11-3-5/h1,3-4,7H,2,10H2,(H,12,13)(H,14,15). The van der Waals surface area contributed by atoms with Crippen LogP contribution in [0.15, 0.2) is 18.5 Å². The molecule has 15 heavy (non-hydrogen) atoms. The summed E-state index contributed by atoms with van der Waals surface area (Å²) in [5.74, 6) is -2.23. The van der Waals surface area contributed by atoms with E-state index in [9.17, 15) is 9.59 Å². The molecule has 1 atom stereocenters. The van der Waals surface area contributed by atoms with Gasteiger partial charge in [0.1, 0.15) is 6.04 Å². The first-order valence-electron chi connectivity index (χ1n) is 4.16. The zero-order chi connectivity index (χ0) is 11.4. The van der Waals surface area contributed by atoms with E-state index in [-0.39, 0.29) is 12.0 Å². The SMILES string of the molecule is NC(Cc1cncc(C(=O)O)c1)C(=O)O. The Labute approximate surface area is 85.4 Å². The van der Waals surface area contributed by atoms with Crippen molar-refractivity contribution in [3.05, 3.63) is 29.6 Å². The van der Waals surface area contributed by atoms with Gasteiger partial charge in [0, 0.05) is 12.4 Å². The van der Waals surface area contributed by atoms with E-state index < -0.39 is 18.0 Å². The van der Waals surface area contributed by atoms with Gasteiger partial charge in [0.25, 0.3) is 0 Å². The number of aromatic carboxylic acids is 1. The van der Waals surface area contributed by atoms with Crippen molar-refractivity contribution in [2.45, 2.75) is 12.5 Å². The molecule has 0 fully saturated rings. The van der Waals surface area contributed by atoms with E-state index in [0.29, 0.717) is 5.56 Å². The topological polar surface area (TPSA) is 114 Å². The molecule has 0 amide bonds. The molecule has 0 saturated heterocycles. The number of carbonyl (C=O) groups is 2. The highest BCUT2D eigenvalue weighted by Gasteiger charge is 2.13. The van der Waals surface area contributed by atoms with Gasteiger partial charge in [-0.2, -0.15) is 0 Å². The van der Waals surface area contributed by atoms with Crippen molar-refractivity contribution in [1.29, 1.82) is 0 Å². The summed E-state index contributed by atoms with van der Waals surface area (Å²) in [6.45, 7) is 0. The van der Waals surface area contributed by atoms with Crippen molar-refractivity contribution >= 4 is 11.9 Å². The van der Waals surface area contributed by atoms with E-state index in [1.807, 2.05) is 0 Å². The van der Waals surface area contributed by atoms with Crippen LogP contribution in [0, 0.1) is 0 Å². The van der Waals surface area contributed by atoms with Crippen molar-refractivity contribution in [2.75, 3.05) is 0 Å². The van der Waals surface area contributed by atoms with Crippen LogP contribution in [-0.4, -0.2) is 33.2 Å². The predicted octanol–water partition coefficient (Wildman–Crippen LogP) is -0.266. The highest BCUT2D eigenvalue weighted by molar-refractivity contribution is 5.87. The first-order chi connectivity index (χ1) is 7.00. The van der Waals surface area contributed by atoms with Crippen LogP contribution in [-0.2, 0) is 11.2 Å². The molecule has 0 radical (unpaired) electrons. The minimum Gasteiger partial charge on any atom is -0.480 e. The number of nitrogens with zero attached hydrogens (tertiary/aromatic N) is 1. The third-order valence-corrected chi connectivity index (χ3v) is 1.81. The molecule has 1 aromatic heterocycles. The van der Waals surface area contributed by atoms with E-state index in [2.05, 4.69) is 4.98 Å². The number of hydrogen-bond acceptors (Lipinski definition) is 4. The Kier molecular flexibility index (Phi) is 3.35. The number of aliphatic carboxylic acids is 1. The van der Waals surface area contributed by atoms with E-state index >= 15 is 0 Å². The van der Waals surface area contributed by atoms with Crippen LogP contribution in [0.3, 0.4) is 0 Å². The Balaban J connectivity index is 2.82. The molecule has 0 aliphatic heterocycles. The maximum atomic E-state index is 10.6. The predicted molar refractivity (Wildman–Crippen MR) is 50.5 cm³/mol. The van der Waals surface area contributed by atoms with Crippen LogP contribution in [0.2, 0.25) is 0 Å². The third-order valence-electron chi connectivity index (χ3n) is 1.81. The van der Waals surface area contributed by atoms with Crippen LogP contribution in [0.1, 0.15) is 15.9 Å². The molecule has 4 N–H and O–H groups in total. The summed E-state index contributed by atoms with van der Waals surface area (Å²) in [5, 5.41) is 17.2. The minimum absolute atomic E-state index is 0.0186. The average molecular weight is 210 g/mol. The molecule has 1 heterocycles. The lowest BCUT2D eigenvalue weighted by molar-refractivity contribution is -0.138. The number of aromatic nitrogens is 1. The molecule has 6 heteroatoms. The summed E-state index contributed by atoms with van der Waals surface area (Å²) in [7, 11) is 0. The fourth-order valence-electron chi connectivity index (χ4n) is 1.06. The highest BCUT2D eigenvalue weighted by Crippen LogP contribution is 2.05. The molecule has 1 rings (SSSR count). The van der Waals surface area contributed by atoms with Crippen molar-refractivity contribution < 1.29 is 19.8 Å². The fourth-order valence-corrected chi connectivity index (χ4v) is 1.06. The Morgan fingerprint density at radius 3 is 2.60 bits per heavy atom. The zero-order valence-electron chi connectivity index (χ0n) is 7.75. The van der Waals surface area contributed by atoms with E-state index in [0.717, 1.165) is 0 Å². The first-order valence-corrected chi connectivity index (χ1v) is 4.16. The van der Waals surface area contributed by atoms with Crippen molar-refractivity contribution in [3.8, 4) is 0 Å². The van der Waals surface area contributed by atoms with Gasteiger partial charge in [0.05, 0.1) is 5.56 Å². The fraction of sp³-hybridized carbons (Fsp3) is 0.222. The molecule has 0 aliphatic rings. The van der Waals surface area contributed by atoms with E-state index in [1.165, 1.54) is 18.5 Å². The minimum atomic E-state index is -1.13. The van der Waals surface area contributed by atoms with Crippen LogP contribution < -0.4 is 5.73 Å². The van der Waals surface area contributed by atoms with Gasteiger partial charge in [-0.25, -0.2) is 4.79 Å². The van der Waals surface area contributed by atoms with Crippen LogP contribution in [0.25, 0.3) is 0 Å².